The Morgan fingerprint density at radius 1 is 0.971 bits per heavy atom. The maximum Gasteiger partial charge on any atom is 0.244 e. The van der Waals surface area contributed by atoms with Crippen LogP contribution in [0.25, 0.3) is 5.00 Å². The van der Waals surface area contributed by atoms with E-state index in [0.29, 0.717) is 12.3 Å². The minimum absolute atomic E-state index is 0.279. The van der Waals surface area contributed by atoms with Crippen LogP contribution in [-0.4, -0.2) is 24.4 Å². The van der Waals surface area contributed by atoms with Gasteiger partial charge >= 0.3 is 0 Å². The van der Waals surface area contributed by atoms with Crippen molar-refractivity contribution in [2.24, 2.45) is 0 Å². The van der Waals surface area contributed by atoms with E-state index in [0.717, 1.165) is 41.6 Å². The van der Waals surface area contributed by atoms with E-state index < -0.39 is 16.1 Å². The molecule has 0 amide bonds. The maximum absolute atomic E-state index is 14.3. The zero-order valence-electron chi connectivity index (χ0n) is 19.9. The number of benzene rings is 2. The van der Waals surface area contributed by atoms with Gasteiger partial charge in [0.05, 0.1) is 18.0 Å². The van der Waals surface area contributed by atoms with E-state index in [1.54, 1.807) is 35.7 Å². The zero-order valence-corrected chi connectivity index (χ0v) is 21.5. The first-order valence-corrected chi connectivity index (χ1v) is 14.3. The van der Waals surface area contributed by atoms with Crippen LogP contribution in [0.4, 0.5) is 0 Å². The SMILES string of the molecule is COc1ccc(S(=O)(=O)N2Cc3c(sc4c3CCCC4)-n3cccc3[C@H]2c2cccc(C)c2)cc1. The lowest BCUT2D eigenvalue weighted by Crippen LogP contribution is -2.35. The highest BCUT2D eigenvalue weighted by molar-refractivity contribution is 7.89. The molecule has 0 spiro atoms. The average Bonchev–Trinajstić information content (AvgIpc) is 3.46. The normalized spacial score (nSPS) is 17.8. The lowest BCUT2D eigenvalue weighted by molar-refractivity contribution is 0.352. The van der Waals surface area contributed by atoms with Crippen LogP contribution in [0.1, 0.15) is 51.7 Å². The second-order valence-corrected chi connectivity index (χ2v) is 12.3. The summed E-state index contributed by atoms with van der Waals surface area (Å²) in [5.41, 5.74) is 5.58. The third-order valence-electron chi connectivity index (χ3n) is 7.16. The summed E-state index contributed by atoms with van der Waals surface area (Å²) < 4.78 is 37.9. The Bertz CT molecular complexity index is 1500. The fraction of sp³-hybridized carbons (Fsp3) is 0.286. The van der Waals surface area contributed by atoms with E-state index in [1.165, 1.54) is 21.9 Å². The molecule has 5 nitrogen and oxygen atoms in total. The molecule has 2 aromatic heterocycles. The molecule has 1 aliphatic heterocycles. The highest BCUT2D eigenvalue weighted by Crippen LogP contribution is 2.45. The van der Waals surface area contributed by atoms with Crippen molar-refractivity contribution in [3.63, 3.8) is 0 Å². The van der Waals surface area contributed by atoms with Gasteiger partial charge in [-0.2, -0.15) is 4.31 Å². The van der Waals surface area contributed by atoms with Crippen molar-refractivity contribution in [2.75, 3.05) is 7.11 Å². The van der Waals surface area contributed by atoms with Gasteiger partial charge in [0.15, 0.2) is 0 Å². The van der Waals surface area contributed by atoms with Gasteiger partial charge in [-0.15, -0.1) is 11.3 Å². The lowest BCUT2D eigenvalue weighted by Gasteiger charge is -2.30. The predicted octanol–water partition coefficient (Wildman–Crippen LogP) is 6.03. The Hall–Kier alpha value is -2.87. The molecule has 0 radical (unpaired) electrons. The van der Waals surface area contributed by atoms with Crippen LogP contribution in [0, 0.1) is 6.92 Å². The first kappa shape index (κ1) is 22.6. The molecule has 0 unspecified atom stereocenters. The molecule has 3 heterocycles. The fourth-order valence-electron chi connectivity index (χ4n) is 5.46. The lowest BCUT2D eigenvalue weighted by atomic mass is 9.95. The summed E-state index contributed by atoms with van der Waals surface area (Å²) in [5.74, 6) is 0.637. The van der Waals surface area contributed by atoms with Crippen LogP contribution in [0.15, 0.2) is 71.8 Å². The van der Waals surface area contributed by atoms with Crippen LogP contribution < -0.4 is 4.74 Å². The average molecular weight is 505 g/mol. The number of aryl methyl sites for hydroxylation is 2. The summed E-state index contributed by atoms with van der Waals surface area (Å²) in [6.45, 7) is 2.41. The molecule has 2 aliphatic rings. The number of hydrogen-bond donors (Lipinski definition) is 0. The van der Waals surface area contributed by atoms with Crippen molar-refractivity contribution in [3.05, 3.63) is 99.7 Å². The van der Waals surface area contributed by atoms with Gasteiger partial charge in [0, 0.05) is 28.9 Å². The summed E-state index contributed by atoms with van der Waals surface area (Å²) in [6.07, 6.45) is 6.54. The Labute approximate surface area is 210 Å². The van der Waals surface area contributed by atoms with Crippen molar-refractivity contribution in [3.8, 4) is 10.8 Å². The molecule has 1 aliphatic carbocycles. The smallest absolute Gasteiger partial charge is 0.244 e. The molecule has 7 heteroatoms. The topological polar surface area (TPSA) is 51.5 Å². The Kier molecular flexibility index (Phi) is 5.59. The number of nitrogens with zero attached hydrogens (tertiary/aromatic N) is 2. The number of aromatic nitrogens is 1. The number of thiophene rings is 1. The second kappa shape index (κ2) is 8.66. The van der Waals surface area contributed by atoms with E-state index in [2.05, 4.69) is 35.9 Å². The molecule has 4 aromatic rings. The summed E-state index contributed by atoms with van der Waals surface area (Å²) in [5, 5.41) is 1.17. The van der Waals surface area contributed by atoms with Crippen molar-refractivity contribution in [1.29, 1.82) is 0 Å². The molecular formula is C28H28N2O3S2. The van der Waals surface area contributed by atoms with Gasteiger partial charge in [0.25, 0.3) is 0 Å². The number of fused-ring (bicyclic) bond motifs is 5. The molecule has 35 heavy (non-hydrogen) atoms. The van der Waals surface area contributed by atoms with E-state index >= 15 is 0 Å². The van der Waals surface area contributed by atoms with E-state index in [9.17, 15) is 8.42 Å². The van der Waals surface area contributed by atoms with Gasteiger partial charge < -0.3 is 9.30 Å². The number of hydrogen-bond acceptors (Lipinski definition) is 4. The molecule has 2 aromatic carbocycles. The van der Waals surface area contributed by atoms with Gasteiger partial charge in [-0.3, -0.25) is 0 Å². The third kappa shape index (κ3) is 3.73. The van der Waals surface area contributed by atoms with Crippen molar-refractivity contribution in [2.45, 2.75) is 50.1 Å². The highest BCUT2D eigenvalue weighted by Gasteiger charge is 2.40. The molecular weight excluding hydrogens is 476 g/mol. The number of methoxy groups -OCH3 is 1. The maximum atomic E-state index is 14.3. The van der Waals surface area contributed by atoms with Crippen LogP contribution in [0.3, 0.4) is 0 Å². The zero-order chi connectivity index (χ0) is 24.2. The first-order valence-electron chi connectivity index (χ1n) is 12.0. The molecule has 0 saturated heterocycles. The summed E-state index contributed by atoms with van der Waals surface area (Å²) in [6, 6.07) is 18.6. The van der Waals surface area contributed by atoms with E-state index in [-0.39, 0.29) is 4.90 Å². The number of sulfonamides is 1. The Balaban J connectivity index is 1.59. The summed E-state index contributed by atoms with van der Waals surface area (Å²) in [4.78, 5) is 1.69. The molecule has 0 fully saturated rings. The van der Waals surface area contributed by atoms with Crippen LogP contribution in [-0.2, 0) is 29.4 Å². The molecule has 0 N–H and O–H groups in total. The standard InChI is InChI=1S/C28H28N2O3S2/c1-19-7-5-8-20(17-19)27-25-10-6-16-29(25)28-24(23-9-3-4-11-26(23)34-28)18-30(27)35(31,32)22-14-12-21(33-2)13-15-22/h5-8,10,12-17,27H,3-4,9,11,18H2,1-2H3/t27-/m1/s1. The van der Waals surface area contributed by atoms with Gasteiger partial charge in [0.2, 0.25) is 10.0 Å². The van der Waals surface area contributed by atoms with Crippen LogP contribution in [0.5, 0.6) is 5.75 Å². The van der Waals surface area contributed by atoms with Gasteiger partial charge in [-0.25, -0.2) is 8.42 Å². The monoisotopic (exact) mass is 504 g/mol. The second-order valence-electron chi connectivity index (χ2n) is 9.34. The minimum Gasteiger partial charge on any atom is -0.497 e. The third-order valence-corrected chi connectivity index (χ3v) is 10.3. The Morgan fingerprint density at radius 3 is 2.54 bits per heavy atom. The minimum atomic E-state index is -3.82. The molecule has 6 rings (SSSR count). The van der Waals surface area contributed by atoms with Crippen molar-refractivity contribution in [1.82, 2.24) is 8.87 Å². The van der Waals surface area contributed by atoms with Crippen LogP contribution >= 0.6 is 11.3 Å². The fourth-order valence-corrected chi connectivity index (χ4v) is 8.42. The van der Waals surface area contributed by atoms with E-state index in [1.807, 2.05) is 29.5 Å². The predicted molar refractivity (Wildman–Crippen MR) is 139 cm³/mol. The summed E-state index contributed by atoms with van der Waals surface area (Å²) in [7, 11) is -2.23. The van der Waals surface area contributed by atoms with Gasteiger partial charge in [-0.1, -0.05) is 29.8 Å². The van der Waals surface area contributed by atoms with E-state index in [4.69, 9.17) is 4.74 Å². The quantitative estimate of drug-likeness (QED) is 0.341. The first-order chi connectivity index (χ1) is 17.0. The number of ether oxygens (including phenoxy) is 1. The molecule has 0 saturated carbocycles. The highest BCUT2D eigenvalue weighted by atomic mass is 32.2. The molecule has 180 valence electrons. The van der Waals surface area contributed by atoms with Gasteiger partial charge in [-0.05, 0) is 80.1 Å². The number of rotatable bonds is 4. The van der Waals surface area contributed by atoms with Gasteiger partial charge in [0.1, 0.15) is 10.8 Å². The molecule has 0 bridgehead atoms. The summed E-state index contributed by atoms with van der Waals surface area (Å²) >= 11 is 1.84. The van der Waals surface area contributed by atoms with Crippen LogP contribution in [0.2, 0.25) is 0 Å². The Morgan fingerprint density at radius 2 is 1.77 bits per heavy atom. The van der Waals surface area contributed by atoms with Crippen molar-refractivity contribution >= 4 is 21.4 Å². The molecule has 1 atom stereocenters. The largest absolute Gasteiger partial charge is 0.497 e. The van der Waals surface area contributed by atoms with Crippen molar-refractivity contribution < 1.29 is 13.2 Å².